The van der Waals surface area contributed by atoms with Crippen LogP contribution in [0.25, 0.3) is 0 Å². The average Bonchev–Trinajstić information content (AvgIpc) is 3.14. The molecule has 0 bridgehead atoms. The predicted molar refractivity (Wildman–Crippen MR) is 108 cm³/mol. The van der Waals surface area contributed by atoms with Crippen LogP contribution in [0.2, 0.25) is 0 Å². The summed E-state index contributed by atoms with van der Waals surface area (Å²) in [5.41, 5.74) is -0.510. The number of hydrogen-bond donors (Lipinski definition) is 3. The van der Waals surface area contributed by atoms with Gasteiger partial charge in [-0.1, -0.05) is 26.8 Å². The number of carbonyl (C=O) groups excluding carboxylic acids is 2. The zero-order chi connectivity index (χ0) is 23.4. The Balaban J connectivity index is 1.54. The zero-order valence-corrected chi connectivity index (χ0v) is 17.9. The lowest BCUT2D eigenvalue weighted by molar-refractivity contribution is -0.143. The van der Waals surface area contributed by atoms with E-state index in [0.717, 1.165) is 6.07 Å². The fraction of sp³-hybridized carbons (Fsp3) is 0.455. The number of aliphatic hydroxyl groups excluding tert-OH is 2. The summed E-state index contributed by atoms with van der Waals surface area (Å²) in [4.78, 5) is 28.8. The average molecular weight is 449 g/mol. The molecule has 3 aliphatic rings. The maximum Gasteiger partial charge on any atom is 0.276 e. The minimum absolute atomic E-state index is 0.0578. The van der Waals surface area contributed by atoms with Gasteiger partial charge in [0.15, 0.2) is 12.0 Å². The van der Waals surface area contributed by atoms with Crippen molar-refractivity contribution in [1.29, 1.82) is 0 Å². The lowest BCUT2D eigenvalue weighted by Crippen LogP contribution is -2.58. The van der Waals surface area contributed by atoms with Crippen LogP contribution in [0.1, 0.15) is 26.3 Å². The van der Waals surface area contributed by atoms with E-state index >= 15 is 0 Å². The van der Waals surface area contributed by atoms with Gasteiger partial charge in [-0.05, 0) is 11.5 Å². The maximum absolute atomic E-state index is 13.8. The number of fused-ring (bicyclic) bond motifs is 2. The molecule has 4 rings (SSSR count). The van der Waals surface area contributed by atoms with E-state index in [-0.39, 0.29) is 41.4 Å². The smallest absolute Gasteiger partial charge is 0.276 e. The highest BCUT2D eigenvalue weighted by Crippen LogP contribution is 2.38. The minimum atomic E-state index is -1.73. The summed E-state index contributed by atoms with van der Waals surface area (Å²) in [6, 6.07) is 2.76. The maximum atomic E-state index is 13.8. The Labute approximate surface area is 183 Å². The van der Waals surface area contributed by atoms with Crippen molar-refractivity contribution in [3.8, 4) is 0 Å². The summed E-state index contributed by atoms with van der Waals surface area (Å²) in [7, 11) is 0. The van der Waals surface area contributed by atoms with Crippen LogP contribution in [0.3, 0.4) is 0 Å². The normalized spacial score (nSPS) is 25.5. The third kappa shape index (κ3) is 3.73. The molecule has 0 spiro atoms. The first kappa shape index (κ1) is 22.2. The number of nitrogens with zero attached hydrogens (tertiary/aromatic N) is 2. The predicted octanol–water partition coefficient (Wildman–Crippen LogP) is 1.52. The summed E-state index contributed by atoms with van der Waals surface area (Å²) in [5, 5.41) is 23.6. The fourth-order valence-corrected chi connectivity index (χ4v) is 4.16. The fourth-order valence-electron chi connectivity index (χ4n) is 4.16. The Kier molecular flexibility index (Phi) is 5.46. The Hall–Kier alpha value is -2.98. The van der Waals surface area contributed by atoms with E-state index in [4.69, 9.17) is 4.74 Å². The van der Waals surface area contributed by atoms with Gasteiger partial charge in [-0.15, -0.1) is 0 Å². The number of carbonyl (C=O) groups is 2. The molecular weight excluding hydrogens is 424 g/mol. The number of piperazine rings is 1. The van der Waals surface area contributed by atoms with Gasteiger partial charge >= 0.3 is 0 Å². The molecule has 3 heterocycles. The van der Waals surface area contributed by atoms with Gasteiger partial charge in [-0.3, -0.25) is 9.59 Å². The molecule has 8 nitrogen and oxygen atoms in total. The molecule has 32 heavy (non-hydrogen) atoms. The monoisotopic (exact) mass is 449 g/mol. The van der Waals surface area contributed by atoms with Crippen LogP contribution in [0.5, 0.6) is 0 Å². The van der Waals surface area contributed by atoms with Crippen molar-refractivity contribution < 1.29 is 33.3 Å². The minimum Gasteiger partial charge on any atom is -0.507 e. The number of halogens is 2. The number of benzene rings is 1. The van der Waals surface area contributed by atoms with E-state index < -0.39 is 41.5 Å². The number of hydrogen-bond acceptors (Lipinski definition) is 6. The molecule has 0 aliphatic carbocycles. The van der Waals surface area contributed by atoms with Crippen molar-refractivity contribution in [2.75, 3.05) is 13.2 Å². The molecule has 3 atom stereocenters. The van der Waals surface area contributed by atoms with Gasteiger partial charge in [0.1, 0.15) is 23.4 Å². The highest BCUT2D eigenvalue weighted by molar-refractivity contribution is 5.99. The molecule has 0 radical (unpaired) electrons. The van der Waals surface area contributed by atoms with E-state index in [1.165, 1.54) is 17.2 Å². The van der Waals surface area contributed by atoms with Crippen molar-refractivity contribution in [1.82, 2.24) is 15.1 Å². The molecule has 3 aliphatic heterocycles. The molecule has 0 aromatic heterocycles. The molecule has 1 aromatic carbocycles. The molecule has 2 amide bonds. The Morgan fingerprint density at radius 2 is 2.03 bits per heavy atom. The molecule has 2 saturated heterocycles. The molecule has 1 unspecified atom stereocenters. The van der Waals surface area contributed by atoms with E-state index in [0.29, 0.717) is 12.7 Å². The lowest BCUT2D eigenvalue weighted by Gasteiger charge is -2.44. The Morgan fingerprint density at radius 3 is 2.69 bits per heavy atom. The first-order valence-electron chi connectivity index (χ1n) is 10.2. The van der Waals surface area contributed by atoms with Gasteiger partial charge in [0.05, 0.1) is 24.8 Å². The largest absolute Gasteiger partial charge is 0.507 e. The molecule has 3 N–H and O–H groups in total. The summed E-state index contributed by atoms with van der Waals surface area (Å²) < 4.78 is 32.7. The van der Waals surface area contributed by atoms with Gasteiger partial charge in [0, 0.05) is 24.4 Å². The molecule has 1 aromatic rings. The zero-order valence-electron chi connectivity index (χ0n) is 17.9. The van der Waals surface area contributed by atoms with Crippen LogP contribution in [0, 0.1) is 17.0 Å². The molecule has 10 heteroatoms. The van der Waals surface area contributed by atoms with Crippen molar-refractivity contribution in [2.45, 2.75) is 45.7 Å². The van der Waals surface area contributed by atoms with Crippen LogP contribution in [-0.2, 0) is 20.9 Å². The number of amides is 2. The van der Waals surface area contributed by atoms with Crippen LogP contribution in [-0.4, -0.2) is 63.4 Å². The summed E-state index contributed by atoms with van der Waals surface area (Å²) in [5.74, 6) is -3.44. The lowest BCUT2D eigenvalue weighted by atomic mass is 9.86. The number of rotatable bonds is 3. The van der Waals surface area contributed by atoms with E-state index in [9.17, 15) is 28.6 Å². The van der Waals surface area contributed by atoms with Crippen LogP contribution >= 0.6 is 0 Å². The van der Waals surface area contributed by atoms with E-state index in [1.54, 1.807) is 4.90 Å². The van der Waals surface area contributed by atoms with Crippen molar-refractivity contribution in [3.63, 3.8) is 0 Å². The van der Waals surface area contributed by atoms with Gasteiger partial charge in [0.2, 0.25) is 0 Å². The number of aliphatic hydroxyl groups is 2. The third-order valence-electron chi connectivity index (χ3n) is 5.98. The second kappa shape index (κ2) is 7.86. The van der Waals surface area contributed by atoms with Crippen LogP contribution < -0.4 is 5.32 Å². The second-order valence-electron chi connectivity index (χ2n) is 9.17. The quantitative estimate of drug-likeness (QED) is 0.647. The third-order valence-corrected chi connectivity index (χ3v) is 5.98. The van der Waals surface area contributed by atoms with E-state index in [1.807, 2.05) is 20.8 Å². The number of nitrogens with one attached hydrogen (secondary N) is 1. The summed E-state index contributed by atoms with van der Waals surface area (Å²) >= 11 is 0. The van der Waals surface area contributed by atoms with Gasteiger partial charge in [-0.2, -0.15) is 0 Å². The molecule has 2 fully saturated rings. The van der Waals surface area contributed by atoms with Crippen molar-refractivity contribution >= 4 is 11.8 Å². The van der Waals surface area contributed by atoms with Gasteiger partial charge in [0.25, 0.3) is 11.8 Å². The first-order chi connectivity index (χ1) is 15.0. The standard InChI is InChI=1S/C22H25F2N3O5/c1-22(2,3)15-10-32-16-9-26-8-13(18(28)19(29)17(26)21(31)27(15)16)20(30)25-7-11-4-5-12(23)6-14(11)24/h4-6,8,15-16,18,28-29H,7,9-10H2,1-3H3,(H,25,30)/t15-,16-,18?/m1/s1. The second-order valence-corrected chi connectivity index (χ2v) is 9.17. The Bertz CT molecular complexity index is 1030. The Morgan fingerprint density at radius 1 is 1.31 bits per heavy atom. The van der Waals surface area contributed by atoms with Gasteiger partial charge < -0.3 is 30.1 Å². The molecule has 172 valence electrons. The summed E-state index contributed by atoms with van der Waals surface area (Å²) in [6.45, 7) is 6.22. The number of ether oxygens (including phenoxy) is 1. The SMILES string of the molecule is CC(C)(C)[C@H]1CO[C@@H]2CN3C=C(C(=O)NCc4ccc(F)cc4F)C(O)C(O)=C3C(=O)N21. The van der Waals surface area contributed by atoms with Crippen LogP contribution in [0.15, 0.2) is 41.4 Å². The first-order valence-corrected chi connectivity index (χ1v) is 10.2. The van der Waals surface area contributed by atoms with E-state index in [2.05, 4.69) is 5.32 Å². The highest BCUT2D eigenvalue weighted by Gasteiger charge is 2.51. The molecular formula is C22H25F2N3O5. The molecule has 0 saturated carbocycles. The highest BCUT2D eigenvalue weighted by atomic mass is 19.1. The van der Waals surface area contributed by atoms with Crippen molar-refractivity contribution in [2.24, 2.45) is 5.41 Å². The summed E-state index contributed by atoms with van der Waals surface area (Å²) in [6.07, 6.45) is -0.997. The van der Waals surface area contributed by atoms with Crippen molar-refractivity contribution in [3.05, 3.63) is 58.6 Å². The topological polar surface area (TPSA) is 102 Å². The van der Waals surface area contributed by atoms with Crippen LogP contribution in [0.4, 0.5) is 8.78 Å². The van der Waals surface area contributed by atoms with Gasteiger partial charge in [-0.25, -0.2) is 8.78 Å².